The quantitative estimate of drug-likeness (QED) is 0.678. The maximum absolute atomic E-state index is 14.1. The molecule has 0 spiro atoms. The van der Waals surface area contributed by atoms with Crippen LogP contribution in [-0.2, 0) is 16.0 Å². The second-order valence-corrected chi connectivity index (χ2v) is 9.43. The predicted octanol–water partition coefficient (Wildman–Crippen LogP) is 3.46. The van der Waals surface area contributed by atoms with E-state index >= 15 is 0 Å². The highest BCUT2D eigenvalue weighted by molar-refractivity contribution is 5.83. The Labute approximate surface area is 190 Å². The molecule has 174 valence electrons. The third-order valence-electron chi connectivity index (χ3n) is 7.23. The van der Waals surface area contributed by atoms with Crippen LogP contribution in [0.4, 0.5) is 4.39 Å². The molecule has 2 saturated heterocycles. The Morgan fingerprint density at radius 3 is 2.53 bits per heavy atom. The van der Waals surface area contributed by atoms with Gasteiger partial charge < -0.3 is 9.80 Å². The third kappa shape index (κ3) is 5.48. The second-order valence-electron chi connectivity index (χ2n) is 9.43. The second kappa shape index (κ2) is 10.5. The van der Waals surface area contributed by atoms with Crippen LogP contribution in [0.25, 0.3) is 0 Å². The molecule has 0 N–H and O–H groups in total. The standard InChI is InChI=1S/C25H35FN4O2/c1-19-9-16-29(27-19)17-12-24(31)28-14-10-20(11-15-28)23-8-4-5-13-30(23)25(32)18-21-6-2-3-7-22(21)26/h2-3,6-7,20,23H,4-5,8-18H2,1H3/t23-/m0/s1. The lowest BCUT2D eigenvalue weighted by Gasteiger charge is -2.44. The minimum atomic E-state index is -0.309. The van der Waals surface area contributed by atoms with Gasteiger partial charge in [-0.1, -0.05) is 18.2 Å². The highest BCUT2D eigenvalue weighted by Crippen LogP contribution is 2.31. The molecule has 3 aliphatic heterocycles. The zero-order valence-corrected chi connectivity index (χ0v) is 19.1. The molecule has 6 nitrogen and oxygen atoms in total. The number of hydrazone groups is 1. The Kier molecular flexibility index (Phi) is 7.43. The molecule has 1 atom stereocenters. The first kappa shape index (κ1) is 22.7. The molecule has 32 heavy (non-hydrogen) atoms. The smallest absolute Gasteiger partial charge is 0.227 e. The number of likely N-dealkylation sites (tertiary alicyclic amines) is 2. The normalized spacial score (nSPS) is 22.2. The van der Waals surface area contributed by atoms with Crippen LogP contribution in [0.2, 0.25) is 0 Å². The van der Waals surface area contributed by atoms with E-state index in [0.29, 0.717) is 24.4 Å². The molecule has 0 saturated carbocycles. The molecule has 0 radical (unpaired) electrons. The number of benzene rings is 1. The number of amides is 2. The van der Waals surface area contributed by atoms with E-state index in [4.69, 9.17) is 0 Å². The van der Waals surface area contributed by atoms with Gasteiger partial charge in [-0.15, -0.1) is 0 Å². The van der Waals surface area contributed by atoms with Crippen molar-refractivity contribution in [1.82, 2.24) is 14.8 Å². The van der Waals surface area contributed by atoms with E-state index in [0.717, 1.165) is 70.4 Å². The summed E-state index contributed by atoms with van der Waals surface area (Å²) in [6.45, 7) is 5.92. The van der Waals surface area contributed by atoms with Crippen molar-refractivity contribution in [2.75, 3.05) is 32.7 Å². The summed E-state index contributed by atoms with van der Waals surface area (Å²) in [4.78, 5) is 29.7. The fourth-order valence-corrected chi connectivity index (χ4v) is 5.37. The molecule has 3 heterocycles. The van der Waals surface area contributed by atoms with Crippen LogP contribution in [0.5, 0.6) is 0 Å². The topological polar surface area (TPSA) is 56.2 Å². The van der Waals surface area contributed by atoms with E-state index in [-0.39, 0.29) is 30.1 Å². The predicted molar refractivity (Wildman–Crippen MR) is 123 cm³/mol. The SMILES string of the molecule is CC1=NN(CCC(=O)N2CCC([C@@H]3CCCCN3C(=O)Cc3ccccc3F)CC2)CC1. The van der Waals surface area contributed by atoms with E-state index in [2.05, 4.69) is 5.10 Å². The molecule has 2 fully saturated rings. The molecule has 7 heteroatoms. The molecule has 0 unspecified atom stereocenters. The number of hydrogen-bond acceptors (Lipinski definition) is 4. The third-order valence-corrected chi connectivity index (χ3v) is 7.23. The monoisotopic (exact) mass is 442 g/mol. The number of nitrogens with zero attached hydrogens (tertiary/aromatic N) is 4. The van der Waals surface area contributed by atoms with Crippen LogP contribution < -0.4 is 0 Å². The van der Waals surface area contributed by atoms with Gasteiger partial charge in [0.25, 0.3) is 0 Å². The maximum Gasteiger partial charge on any atom is 0.227 e. The molecule has 4 rings (SSSR count). The van der Waals surface area contributed by atoms with E-state index in [1.807, 2.05) is 21.7 Å². The Balaban J connectivity index is 1.29. The Morgan fingerprint density at radius 2 is 1.81 bits per heavy atom. The summed E-state index contributed by atoms with van der Waals surface area (Å²) in [5.74, 6) is 0.338. The van der Waals surface area contributed by atoms with E-state index < -0.39 is 0 Å². The molecular weight excluding hydrogens is 407 g/mol. The highest BCUT2D eigenvalue weighted by atomic mass is 19.1. The summed E-state index contributed by atoms with van der Waals surface area (Å²) in [5, 5.41) is 6.46. The van der Waals surface area contributed by atoms with Crippen molar-refractivity contribution in [3.05, 3.63) is 35.6 Å². The van der Waals surface area contributed by atoms with Crippen LogP contribution in [0, 0.1) is 11.7 Å². The number of rotatable bonds is 6. The number of halogens is 1. The van der Waals surface area contributed by atoms with Crippen molar-refractivity contribution in [2.24, 2.45) is 11.0 Å². The van der Waals surface area contributed by atoms with Gasteiger partial charge in [0.1, 0.15) is 5.82 Å². The van der Waals surface area contributed by atoms with Crippen molar-refractivity contribution in [3.63, 3.8) is 0 Å². The number of piperidine rings is 2. The summed E-state index contributed by atoms with van der Waals surface area (Å²) in [7, 11) is 0. The molecule has 1 aromatic carbocycles. The van der Waals surface area contributed by atoms with Gasteiger partial charge in [0, 0.05) is 57.3 Å². The first-order valence-electron chi connectivity index (χ1n) is 12.1. The van der Waals surface area contributed by atoms with Gasteiger partial charge in [-0.05, 0) is 56.6 Å². The number of carbonyl (C=O) groups is 2. The molecule has 0 aromatic heterocycles. The summed E-state index contributed by atoms with van der Waals surface area (Å²) in [5.41, 5.74) is 1.61. The number of carbonyl (C=O) groups excluding carboxylic acids is 2. The van der Waals surface area contributed by atoms with Gasteiger partial charge >= 0.3 is 0 Å². The molecule has 3 aliphatic rings. The summed E-state index contributed by atoms with van der Waals surface area (Å²) >= 11 is 0. The molecule has 0 bridgehead atoms. The van der Waals surface area contributed by atoms with Crippen molar-refractivity contribution in [1.29, 1.82) is 0 Å². The fraction of sp³-hybridized carbons (Fsp3) is 0.640. The lowest BCUT2D eigenvalue weighted by Crippen LogP contribution is -2.51. The van der Waals surface area contributed by atoms with Gasteiger partial charge in [0.05, 0.1) is 6.42 Å². The van der Waals surface area contributed by atoms with Crippen molar-refractivity contribution < 1.29 is 14.0 Å². The largest absolute Gasteiger partial charge is 0.343 e. The Bertz CT molecular complexity index is 850. The van der Waals surface area contributed by atoms with Gasteiger partial charge in [0.2, 0.25) is 11.8 Å². The maximum atomic E-state index is 14.1. The van der Waals surface area contributed by atoms with Crippen molar-refractivity contribution in [3.8, 4) is 0 Å². The van der Waals surface area contributed by atoms with E-state index in [1.54, 1.807) is 18.2 Å². The van der Waals surface area contributed by atoms with Gasteiger partial charge in [-0.3, -0.25) is 14.6 Å². The fourth-order valence-electron chi connectivity index (χ4n) is 5.37. The Morgan fingerprint density at radius 1 is 1.03 bits per heavy atom. The molecule has 2 amide bonds. The van der Waals surface area contributed by atoms with Gasteiger partial charge in [-0.25, -0.2) is 4.39 Å². The lowest BCUT2D eigenvalue weighted by atomic mass is 9.83. The zero-order chi connectivity index (χ0) is 22.5. The Hall–Kier alpha value is -2.44. The van der Waals surface area contributed by atoms with Crippen LogP contribution >= 0.6 is 0 Å². The zero-order valence-electron chi connectivity index (χ0n) is 19.1. The van der Waals surface area contributed by atoms with Crippen LogP contribution in [0.3, 0.4) is 0 Å². The summed E-state index contributed by atoms with van der Waals surface area (Å²) in [6, 6.07) is 6.76. The first-order chi connectivity index (χ1) is 15.5. The molecular formula is C25H35FN4O2. The number of hydrogen-bond donors (Lipinski definition) is 0. The van der Waals surface area contributed by atoms with Crippen LogP contribution in [0.1, 0.15) is 57.4 Å². The minimum Gasteiger partial charge on any atom is -0.343 e. The van der Waals surface area contributed by atoms with Crippen LogP contribution in [0.15, 0.2) is 29.4 Å². The summed E-state index contributed by atoms with van der Waals surface area (Å²) in [6.07, 6.45) is 6.64. The lowest BCUT2D eigenvalue weighted by molar-refractivity contribution is -0.138. The molecule has 1 aromatic rings. The molecule has 0 aliphatic carbocycles. The first-order valence-corrected chi connectivity index (χ1v) is 12.1. The van der Waals surface area contributed by atoms with Crippen LogP contribution in [-0.4, -0.2) is 71.1 Å². The van der Waals surface area contributed by atoms with Gasteiger partial charge in [-0.2, -0.15) is 5.10 Å². The minimum absolute atomic E-state index is 0.0276. The van der Waals surface area contributed by atoms with Gasteiger partial charge in [0.15, 0.2) is 0 Å². The average Bonchev–Trinajstić information content (AvgIpc) is 3.24. The van der Waals surface area contributed by atoms with Crippen molar-refractivity contribution in [2.45, 2.75) is 64.3 Å². The van der Waals surface area contributed by atoms with Crippen molar-refractivity contribution >= 4 is 17.5 Å². The van der Waals surface area contributed by atoms with E-state index in [1.165, 1.54) is 6.07 Å². The average molecular weight is 443 g/mol. The van der Waals surface area contributed by atoms with E-state index in [9.17, 15) is 14.0 Å². The summed E-state index contributed by atoms with van der Waals surface area (Å²) < 4.78 is 14.1. The highest BCUT2D eigenvalue weighted by Gasteiger charge is 2.35.